The normalized spacial score (nSPS) is 31.1. The van der Waals surface area contributed by atoms with E-state index >= 15 is 0 Å². The van der Waals surface area contributed by atoms with Gasteiger partial charge in [-0.05, 0) is 32.6 Å². The average molecular weight is 268 g/mol. The summed E-state index contributed by atoms with van der Waals surface area (Å²) in [4.78, 5) is 27.0. The van der Waals surface area contributed by atoms with Crippen molar-refractivity contribution in [2.24, 2.45) is 5.92 Å². The van der Waals surface area contributed by atoms with Crippen molar-refractivity contribution in [3.05, 3.63) is 0 Å². The summed E-state index contributed by atoms with van der Waals surface area (Å²) in [7, 11) is 0. The minimum absolute atomic E-state index is 0.00130. The quantitative estimate of drug-likeness (QED) is 0.832. The number of nitrogens with zero attached hydrogens (tertiary/aromatic N) is 1. The zero-order chi connectivity index (χ0) is 14.8. The van der Waals surface area contributed by atoms with E-state index in [2.05, 4.69) is 19.2 Å². The lowest BCUT2D eigenvalue weighted by Gasteiger charge is -2.48. The fourth-order valence-electron chi connectivity index (χ4n) is 2.60. The molecule has 1 fully saturated rings. The molecule has 1 N–H and O–H groups in total. The Morgan fingerprint density at radius 3 is 2.21 bits per heavy atom. The standard InChI is InChI=1S/C15H28N2O2/c1-7-10(4)12-13(18)16-15(6,9-3)14(19)17(12)11(5)8-2/h10-12H,7-9H2,1-6H3,(H,16,18). The zero-order valence-electron chi connectivity index (χ0n) is 13.1. The molecular formula is C15H28N2O2. The molecular weight excluding hydrogens is 240 g/mol. The molecule has 0 aromatic rings. The van der Waals surface area contributed by atoms with Crippen LogP contribution in [-0.4, -0.2) is 34.3 Å². The highest BCUT2D eigenvalue weighted by atomic mass is 16.2. The average Bonchev–Trinajstić information content (AvgIpc) is 2.40. The predicted molar refractivity (Wildman–Crippen MR) is 76.7 cm³/mol. The summed E-state index contributed by atoms with van der Waals surface area (Å²) >= 11 is 0. The third-order valence-electron chi connectivity index (χ3n) is 4.63. The van der Waals surface area contributed by atoms with Crippen molar-refractivity contribution in [2.75, 3.05) is 0 Å². The fraction of sp³-hybridized carbons (Fsp3) is 0.867. The number of carbonyl (C=O) groups is 2. The first kappa shape index (κ1) is 16.0. The highest BCUT2D eigenvalue weighted by Gasteiger charge is 2.49. The van der Waals surface area contributed by atoms with Gasteiger partial charge in [0.25, 0.3) is 0 Å². The van der Waals surface area contributed by atoms with E-state index in [-0.39, 0.29) is 29.8 Å². The van der Waals surface area contributed by atoms with Crippen LogP contribution in [0.5, 0.6) is 0 Å². The van der Waals surface area contributed by atoms with Gasteiger partial charge in [0.15, 0.2) is 0 Å². The van der Waals surface area contributed by atoms with E-state index in [1.165, 1.54) is 0 Å². The molecule has 1 aliphatic rings. The largest absolute Gasteiger partial charge is 0.340 e. The number of piperazine rings is 1. The fourth-order valence-corrected chi connectivity index (χ4v) is 2.60. The summed E-state index contributed by atoms with van der Waals surface area (Å²) in [5.74, 6) is 0.243. The molecule has 4 nitrogen and oxygen atoms in total. The van der Waals surface area contributed by atoms with Gasteiger partial charge in [0.2, 0.25) is 11.8 Å². The number of carbonyl (C=O) groups excluding carboxylic acids is 2. The summed E-state index contributed by atoms with van der Waals surface area (Å²) in [5, 5.41) is 2.94. The maximum absolute atomic E-state index is 12.8. The first-order chi connectivity index (χ1) is 8.82. The van der Waals surface area contributed by atoms with Gasteiger partial charge < -0.3 is 10.2 Å². The van der Waals surface area contributed by atoms with Crippen molar-refractivity contribution in [3.63, 3.8) is 0 Å². The van der Waals surface area contributed by atoms with Gasteiger partial charge in [-0.3, -0.25) is 9.59 Å². The Kier molecular flexibility index (Phi) is 4.99. The van der Waals surface area contributed by atoms with E-state index in [1.807, 2.05) is 32.6 Å². The van der Waals surface area contributed by atoms with Crippen LogP contribution in [0.15, 0.2) is 0 Å². The number of amides is 2. The lowest BCUT2D eigenvalue weighted by atomic mass is 9.85. The molecule has 0 aromatic heterocycles. The van der Waals surface area contributed by atoms with E-state index in [4.69, 9.17) is 0 Å². The van der Waals surface area contributed by atoms with Crippen molar-refractivity contribution in [1.82, 2.24) is 10.2 Å². The van der Waals surface area contributed by atoms with Crippen LogP contribution in [-0.2, 0) is 9.59 Å². The van der Waals surface area contributed by atoms with Crippen LogP contribution < -0.4 is 5.32 Å². The maximum Gasteiger partial charge on any atom is 0.248 e. The Morgan fingerprint density at radius 1 is 1.21 bits per heavy atom. The SMILES string of the molecule is CCC(C)C1C(=O)NC(C)(CC)C(=O)N1C(C)CC. The zero-order valence-corrected chi connectivity index (χ0v) is 13.1. The lowest BCUT2D eigenvalue weighted by molar-refractivity contribution is -0.159. The summed E-state index contributed by atoms with van der Waals surface area (Å²) in [6, 6.07) is -0.226. The van der Waals surface area contributed by atoms with E-state index in [0.717, 1.165) is 12.8 Å². The van der Waals surface area contributed by atoms with Gasteiger partial charge >= 0.3 is 0 Å². The van der Waals surface area contributed by atoms with Crippen LogP contribution in [0.2, 0.25) is 0 Å². The summed E-state index contributed by atoms with van der Waals surface area (Å²) in [6.45, 7) is 12.0. The first-order valence-electron chi connectivity index (χ1n) is 7.47. The number of hydrogen-bond acceptors (Lipinski definition) is 2. The van der Waals surface area contributed by atoms with Gasteiger partial charge in [-0.25, -0.2) is 0 Å². The predicted octanol–water partition coefficient (Wildman–Crippen LogP) is 2.33. The van der Waals surface area contributed by atoms with Gasteiger partial charge in [0, 0.05) is 6.04 Å². The van der Waals surface area contributed by atoms with E-state index in [1.54, 1.807) is 0 Å². The van der Waals surface area contributed by atoms with Gasteiger partial charge in [-0.2, -0.15) is 0 Å². The van der Waals surface area contributed by atoms with Crippen LogP contribution in [0.4, 0.5) is 0 Å². The van der Waals surface area contributed by atoms with Crippen LogP contribution in [0.1, 0.15) is 60.8 Å². The Morgan fingerprint density at radius 2 is 1.79 bits per heavy atom. The molecule has 0 bridgehead atoms. The molecule has 0 radical (unpaired) electrons. The summed E-state index contributed by atoms with van der Waals surface area (Å²) < 4.78 is 0. The van der Waals surface area contributed by atoms with Crippen molar-refractivity contribution in [2.45, 2.75) is 78.4 Å². The summed E-state index contributed by atoms with van der Waals surface area (Å²) in [6.07, 6.45) is 2.38. The van der Waals surface area contributed by atoms with Gasteiger partial charge in [0.1, 0.15) is 11.6 Å². The van der Waals surface area contributed by atoms with Gasteiger partial charge in [-0.15, -0.1) is 0 Å². The van der Waals surface area contributed by atoms with E-state index in [0.29, 0.717) is 6.42 Å². The van der Waals surface area contributed by atoms with Crippen LogP contribution in [0, 0.1) is 5.92 Å². The molecule has 4 unspecified atom stereocenters. The monoisotopic (exact) mass is 268 g/mol. The molecule has 4 atom stereocenters. The van der Waals surface area contributed by atoms with Gasteiger partial charge in [0.05, 0.1) is 0 Å². The molecule has 4 heteroatoms. The molecule has 2 amide bonds. The molecule has 0 aliphatic carbocycles. The minimum Gasteiger partial charge on any atom is -0.340 e. The minimum atomic E-state index is -0.746. The van der Waals surface area contributed by atoms with Gasteiger partial charge in [-0.1, -0.05) is 34.1 Å². The molecule has 1 saturated heterocycles. The second kappa shape index (κ2) is 5.93. The first-order valence-corrected chi connectivity index (χ1v) is 7.47. The highest BCUT2D eigenvalue weighted by molar-refractivity contribution is 5.99. The molecule has 0 aromatic carbocycles. The summed E-state index contributed by atoms with van der Waals surface area (Å²) in [5.41, 5.74) is -0.746. The number of nitrogens with one attached hydrogen (secondary N) is 1. The Hall–Kier alpha value is -1.06. The third kappa shape index (κ3) is 2.77. The lowest BCUT2D eigenvalue weighted by Crippen LogP contribution is -2.71. The smallest absolute Gasteiger partial charge is 0.248 e. The Labute approximate surface area is 116 Å². The third-order valence-corrected chi connectivity index (χ3v) is 4.63. The van der Waals surface area contributed by atoms with Crippen molar-refractivity contribution in [1.29, 1.82) is 0 Å². The maximum atomic E-state index is 12.8. The molecule has 1 aliphatic heterocycles. The van der Waals surface area contributed by atoms with Crippen molar-refractivity contribution >= 4 is 11.8 Å². The van der Waals surface area contributed by atoms with Crippen molar-refractivity contribution < 1.29 is 9.59 Å². The van der Waals surface area contributed by atoms with Crippen LogP contribution in [0.25, 0.3) is 0 Å². The number of hydrogen-bond donors (Lipinski definition) is 1. The van der Waals surface area contributed by atoms with Crippen LogP contribution in [0.3, 0.4) is 0 Å². The Bertz CT molecular complexity index is 356. The highest BCUT2D eigenvalue weighted by Crippen LogP contribution is 2.28. The second-order valence-corrected chi connectivity index (χ2v) is 5.97. The Balaban J connectivity index is 3.18. The number of rotatable bonds is 5. The van der Waals surface area contributed by atoms with E-state index < -0.39 is 5.54 Å². The molecule has 19 heavy (non-hydrogen) atoms. The molecule has 0 saturated carbocycles. The topological polar surface area (TPSA) is 49.4 Å². The molecule has 1 rings (SSSR count). The molecule has 110 valence electrons. The van der Waals surface area contributed by atoms with E-state index in [9.17, 15) is 9.59 Å². The second-order valence-electron chi connectivity index (χ2n) is 5.97. The van der Waals surface area contributed by atoms with Crippen molar-refractivity contribution in [3.8, 4) is 0 Å². The molecule has 0 spiro atoms. The van der Waals surface area contributed by atoms with Crippen LogP contribution >= 0.6 is 0 Å². The molecule has 1 heterocycles.